The van der Waals surface area contributed by atoms with Crippen LogP contribution in [0.25, 0.3) is 0 Å². The van der Waals surface area contributed by atoms with Crippen molar-refractivity contribution in [1.82, 2.24) is 10.6 Å². The molecule has 1 aliphatic heterocycles. The number of benzene rings is 1. The van der Waals surface area contributed by atoms with Crippen molar-refractivity contribution >= 4 is 5.91 Å². The highest BCUT2D eigenvalue weighted by Crippen LogP contribution is 2.43. The minimum absolute atomic E-state index is 0.199. The molecule has 1 aromatic carbocycles. The molecule has 0 bridgehead atoms. The summed E-state index contributed by atoms with van der Waals surface area (Å²) in [6.07, 6.45) is 5.13. The van der Waals surface area contributed by atoms with E-state index in [2.05, 4.69) is 28.8 Å². The maximum absolute atomic E-state index is 13.0. The number of aryl methyl sites for hydroxylation is 1. The molecule has 1 heterocycles. The first kappa shape index (κ1) is 15.3. The van der Waals surface area contributed by atoms with Gasteiger partial charge in [0.15, 0.2) is 0 Å². The normalized spacial score (nSPS) is 23.5. The van der Waals surface area contributed by atoms with E-state index < -0.39 is 0 Å². The molecule has 0 aromatic heterocycles. The first-order valence-corrected chi connectivity index (χ1v) is 8.32. The number of carbonyl (C=O) groups excluding carboxylic acids is 1. The molecule has 1 unspecified atom stereocenters. The fraction of sp³-hybridized carbons (Fsp3) is 0.611. The smallest absolute Gasteiger partial charge is 0.230 e. The third kappa shape index (κ3) is 2.72. The van der Waals surface area contributed by atoms with Crippen LogP contribution < -0.4 is 15.4 Å². The topological polar surface area (TPSA) is 50.4 Å². The Labute approximate surface area is 132 Å². The molecule has 4 heteroatoms. The minimum Gasteiger partial charge on any atom is -0.496 e. The van der Waals surface area contributed by atoms with Crippen LogP contribution in [-0.4, -0.2) is 32.1 Å². The second-order valence-electron chi connectivity index (χ2n) is 6.64. The number of hydrogen-bond donors (Lipinski definition) is 2. The van der Waals surface area contributed by atoms with Crippen molar-refractivity contribution < 1.29 is 9.53 Å². The van der Waals surface area contributed by atoms with Crippen LogP contribution in [0.2, 0.25) is 0 Å². The summed E-state index contributed by atoms with van der Waals surface area (Å²) in [4.78, 5) is 13.0. The van der Waals surface area contributed by atoms with Crippen LogP contribution in [0.5, 0.6) is 5.75 Å². The molecule has 1 amide bonds. The third-order valence-electron chi connectivity index (χ3n) is 5.25. The van der Waals surface area contributed by atoms with Crippen molar-refractivity contribution in [2.45, 2.75) is 50.5 Å². The number of amides is 1. The van der Waals surface area contributed by atoms with Gasteiger partial charge in [-0.2, -0.15) is 0 Å². The van der Waals surface area contributed by atoms with Gasteiger partial charge in [-0.25, -0.2) is 0 Å². The van der Waals surface area contributed by atoms with Crippen LogP contribution in [0.1, 0.15) is 43.2 Å². The number of carbonyl (C=O) groups is 1. The SMILES string of the molecule is COc1cc(C2(C(=O)NC3CCNC3)CCCC2)ccc1C. The molecule has 4 nitrogen and oxygen atoms in total. The zero-order chi connectivity index (χ0) is 15.6. The van der Waals surface area contributed by atoms with Crippen molar-refractivity contribution in [3.05, 3.63) is 29.3 Å². The summed E-state index contributed by atoms with van der Waals surface area (Å²) in [7, 11) is 1.69. The number of ether oxygens (including phenoxy) is 1. The van der Waals surface area contributed by atoms with E-state index in [9.17, 15) is 4.79 Å². The van der Waals surface area contributed by atoms with Gasteiger partial charge in [0.05, 0.1) is 12.5 Å². The van der Waals surface area contributed by atoms with E-state index in [4.69, 9.17) is 4.74 Å². The molecule has 1 atom stereocenters. The van der Waals surface area contributed by atoms with E-state index in [0.717, 1.165) is 62.1 Å². The van der Waals surface area contributed by atoms with Gasteiger partial charge in [0.25, 0.3) is 0 Å². The van der Waals surface area contributed by atoms with Gasteiger partial charge in [-0.1, -0.05) is 25.0 Å². The molecule has 1 aliphatic carbocycles. The van der Waals surface area contributed by atoms with Gasteiger partial charge in [0.1, 0.15) is 5.75 Å². The quantitative estimate of drug-likeness (QED) is 0.897. The predicted octanol–water partition coefficient (Wildman–Crippen LogP) is 2.29. The maximum atomic E-state index is 13.0. The molecule has 1 saturated heterocycles. The monoisotopic (exact) mass is 302 g/mol. The lowest BCUT2D eigenvalue weighted by atomic mass is 9.77. The lowest BCUT2D eigenvalue weighted by Crippen LogP contribution is -2.47. The van der Waals surface area contributed by atoms with Gasteiger partial charge in [-0.3, -0.25) is 4.79 Å². The molecule has 2 aliphatic rings. The van der Waals surface area contributed by atoms with Crippen LogP contribution in [0.3, 0.4) is 0 Å². The Morgan fingerprint density at radius 1 is 1.36 bits per heavy atom. The zero-order valence-electron chi connectivity index (χ0n) is 13.6. The van der Waals surface area contributed by atoms with E-state index in [0.29, 0.717) is 0 Å². The van der Waals surface area contributed by atoms with Gasteiger partial charge >= 0.3 is 0 Å². The average Bonchev–Trinajstić information content (AvgIpc) is 3.19. The summed E-state index contributed by atoms with van der Waals surface area (Å²) >= 11 is 0. The summed E-state index contributed by atoms with van der Waals surface area (Å²) in [5.74, 6) is 1.07. The van der Waals surface area contributed by atoms with Gasteiger partial charge in [0, 0.05) is 12.6 Å². The summed E-state index contributed by atoms with van der Waals surface area (Å²) in [6, 6.07) is 6.51. The molecule has 1 aromatic rings. The number of rotatable bonds is 4. The molecule has 1 saturated carbocycles. The number of nitrogens with one attached hydrogen (secondary N) is 2. The van der Waals surface area contributed by atoms with Crippen molar-refractivity contribution in [3.63, 3.8) is 0 Å². The van der Waals surface area contributed by atoms with Crippen LogP contribution in [-0.2, 0) is 10.2 Å². The van der Waals surface area contributed by atoms with Crippen LogP contribution in [0.4, 0.5) is 0 Å². The van der Waals surface area contributed by atoms with Crippen molar-refractivity contribution in [1.29, 1.82) is 0 Å². The molecule has 0 spiro atoms. The van der Waals surface area contributed by atoms with Gasteiger partial charge in [-0.15, -0.1) is 0 Å². The summed E-state index contributed by atoms with van der Waals surface area (Å²) < 4.78 is 5.46. The van der Waals surface area contributed by atoms with Gasteiger partial charge in [0.2, 0.25) is 5.91 Å². The summed E-state index contributed by atoms with van der Waals surface area (Å²) in [5, 5.41) is 6.58. The zero-order valence-corrected chi connectivity index (χ0v) is 13.6. The maximum Gasteiger partial charge on any atom is 0.230 e. The second kappa shape index (κ2) is 6.29. The number of methoxy groups -OCH3 is 1. The second-order valence-corrected chi connectivity index (χ2v) is 6.64. The molecule has 120 valence electrons. The largest absolute Gasteiger partial charge is 0.496 e. The Hall–Kier alpha value is -1.55. The Morgan fingerprint density at radius 2 is 2.14 bits per heavy atom. The Kier molecular flexibility index (Phi) is 4.39. The molecule has 2 N–H and O–H groups in total. The van der Waals surface area contributed by atoms with Crippen LogP contribution in [0.15, 0.2) is 18.2 Å². The highest BCUT2D eigenvalue weighted by molar-refractivity contribution is 5.89. The number of hydrogen-bond acceptors (Lipinski definition) is 3. The molecule has 0 radical (unpaired) electrons. The first-order valence-electron chi connectivity index (χ1n) is 8.32. The fourth-order valence-corrected chi connectivity index (χ4v) is 3.84. The molecule has 22 heavy (non-hydrogen) atoms. The first-order chi connectivity index (χ1) is 10.7. The third-order valence-corrected chi connectivity index (χ3v) is 5.25. The van der Waals surface area contributed by atoms with E-state index >= 15 is 0 Å². The molecular weight excluding hydrogens is 276 g/mol. The lowest BCUT2D eigenvalue weighted by molar-refractivity contribution is -0.127. The van der Waals surface area contributed by atoms with Gasteiger partial charge in [-0.05, 0) is 49.9 Å². The van der Waals surface area contributed by atoms with E-state index in [1.807, 2.05) is 6.92 Å². The Bertz CT molecular complexity index is 544. The van der Waals surface area contributed by atoms with Crippen molar-refractivity contribution in [2.24, 2.45) is 0 Å². The highest BCUT2D eigenvalue weighted by atomic mass is 16.5. The summed E-state index contributed by atoms with van der Waals surface area (Å²) in [5.41, 5.74) is 1.85. The molecule has 2 fully saturated rings. The standard InChI is InChI=1S/C18H26N2O2/c1-13-5-6-14(11-16(13)22-2)18(8-3-4-9-18)17(21)20-15-7-10-19-12-15/h5-6,11,15,19H,3-4,7-10,12H2,1-2H3,(H,20,21). The van der Waals surface area contributed by atoms with Gasteiger partial charge < -0.3 is 15.4 Å². The van der Waals surface area contributed by atoms with E-state index in [-0.39, 0.29) is 17.4 Å². The van der Waals surface area contributed by atoms with Crippen LogP contribution in [0, 0.1) is 6.92 Å². The minimum atomic E-state index is -0.371. The average molecular weight is 302 g/mol. The fourth-order valence-electron chi connectivity index (χ4n) is 3.84. The predicted molar refractivity (Wildman–Crippen MR) is 87.3 cm³/mol. The van der Waals surface area contributed by atoms with Crippen molar-refractivity contribution in [3.8, 4) is 5.75 Å². The Balaban J connectivity index is 1.88. The lowest BCUT2D eigenvalue weighted by Gasteiger charge is -2.30. The molecular formula is C18H26N2O2. The van der Waals surface area contributed by atoms with Crippen LogP contribution >= 0.6 is 0 Å². The Morgan fingerprint density at radius 3 is 2.77 bits per heavy atom. The van der Waals surface area contributed by atoms with E-state index in [1.54, 1.807) is 7.11 Å². The molecule has 3 rings (SSSR count). The van der Waals surface area contributed by atoms with Crippen molar-refractivity contribution in [2.75, 3.05) is 20.2 Å². The highest BCUT2D eigenvalue weighted by Gasteiger charge is 2.43. The summed E-state index contributed by atoms with van der Waals surface area (Å²) in [6.45, 7) is 3.92. The van der Waals surface area contributed by atoms with E-state index in [1.165, 1.54) is 0 Å².